The molecule has 1 heterocycles. The summed E-state index contributed by atoms with van der Waals surface area (Å²) in [5.74, 6) is 8.73. The SMILES string of the molecule is C=C(C)C(=O)N(CC)C1CCC2CC(O)CC2C1.C=C(C)C(=O)NC1CCC2CCCNC2C1.C=C(C)C(=O)OC1CCC(C2CCCCC2)CC1.C=CC(=O)N(C)C1CCC2CC(O)CC2C1.C=CC(=O)NC1CCC(C2CCCCC2)CC1.C=CC(=O)OC1CCC(C2CCCCC2)CC1. The second-order valence-electron chi connectivity index (χ2n) is 33.9. The van der Waals surface area contributed by atoms with Crippen molar-refractivity contribution < 1.29 is 48.5 Å². The fourth-order valence-electron chi connectivity index (χ4n) is 20.7. The van der Waals surface area contributed by atoms with Gasteiger partial charge < -0.3 is 45.4 Å². The van der Waals surface area contributed by atoms with Gasteiger partial charge in [0.2, 0.25) is 23.6 Å². The number of esters is 2. The lowest BCUT2D eigenvalue weighted by Crippen LogP contribution is -2.50. The molecule has 0 aromatic carbocycles. The van der Waals surface area contributed by atoms with Gasteiger partial charge in [-0.1, -0.05) is 136 Å². The molecule has 15 heteroatoms. The Morgan fingerprint density at radius 1 is 0.431 bits per heavy atom. The van der Waals surface area contributed by atoms with E-state index in [1.54, 1.807) is 20.8 Å². The first-order chi connectivity index (χ1) is 49.1. The molecule has 1 saturated heterocycles. The number of rotatable bonds is 16. The van der Waals surface area contributed by atoms with Crippen molar-refractivity contribution >= 4 is 35.6 Å². The fraction of sp³-hybridized carbons (Fsp3) is 0.793. The molecule has 0 radical (unpaired) electrons. The first-order valence-electron chi connectivity index (χ1n) is 41.6. The van der Waals surface area contributed by atoms with Crippen molar-refractivity contribution in [2.75, 3.05) is 20.1 Å². The van der Waals surface area contributed by atoms with E-state index in [1.807, 2.05) is 23.8 Å². The zero-order valence-corrected chi connectivity index (χ0v) is 64.7. The maximum absolute atomic E-state index is 12.1. The second kappa shape index (κ2) is 44.3. The molecule has 12 rings (SSSR count). The van der Waals surface area contributed by atoms with Crippen LogP contribution >= 0.6 is 0 Å². The standard InChI is InChI=1S/C16H26O2.C15H25NO2.C15H25NO.C15H24O2.C13H22N2O.C13H21NO2/c1-12(2)16(17)18-15-10-8-14(9-11-15)13-6-4-3-5-7-13;1-4-16(15(18)10(2)3)13-6-5-11-8-14(17)9-12(11)7-13;1-2-15(17)16-14-10-8-13(9-11-14)12-6-4-3-5-7-12;1-2-15(16)17-14-10-8-13(9-11-14)12-6-4-3-5-7-12;1-9(2)13(16)15-11-6-5-10-4-3-7-14-12(10)8-11;1-3-13(16)14(2)11-5-4-9-7-12(15)8-10(9)6-11/h13-15H,1,3-11H2,2H3;11-14,17H,2,4-9H2,1,3H3;2,12-14H,1,3-11H2,(H,16,17);2,12-14H,1,3-11H2;10-12,14H,1,3-8H2,2H3,(H,15,16);3,9-12,15H,1,4-8H2,2H3. The summed E-state index contributed by atoms with van der Waals surface area (Å²) in [6, 6.07) is 2.07. The molecule has 12 fully saturated rings. The van der Waals surface area contributed by atoms with Gasteiger partial charge in [0, 0.05) is 66.6 Å². The Kier molecular flexibility index (Phi) is 36.7. The molecule has 0 aromatic heterocycles. The molecule has 11 saturated carbocycles. The van der Waals surface area contributed by atoms with Crippen LogP contribution in [0, 0.1) is 65.1 Å². The summed E-state index contributed by atoms with van der Waals surface area (Å²) in [5.41, 5.74) is 1.76. The van der Waals surface area contributed by atoms with Gasteiger partial charge >= 0.3 is 11.9 Å². The maximum Gasteiger partial charge on any atom is 0.333 e. The summed E-state index contributed by atoms with van der Waals surface area (Å²) in [6.07, 6.45) is 56.4. The fourth-order valence-corrected chi connectivity index (χ4v) is 20.7. The van der Waals surface area contributed by atoms with Crippen LogP contribution in [0.1, 0.15) is 297 Å². The molecule has 11 unspecified atom stereocenters. The van der Waals surface area contributed by atoms with Crippen molar-refractivity contribution in [1.82, 2.24) is 25.8 Å². The van der Waals surface area contributed by atoms with E-state index in [0.29, 0.717) is 70.6 Å². The van der Waals surface area contributed by atoms with E-state index in [9.17, 15) is 39.0 Å². The second-order valence-corrected chi connectivity index (χ2v) is 33.9. The minimum absolute atomic E-state index is 0.00823. The number of nitrogens with one attached hydrogen (secondary N) is 3. The van der Waals surface area contributed by atoms with E-state index in [2.05, 4.69) is 55.4 Å². The summed E-state index contributed by atoms with van der Waals surface area (Å²) >= 11 is 0. The van der Waals surface area contributed by atoms with Crippen molar-refractivity contribution in [3.63, 3.8) is 0 Å². The third kappa shape index (κ3) is 27.5. The van der Waals surface area contributed by atoms with Crippen molar-refractivity contribution in [2.45, 2.75) is 352 Å². The molecule has 1 aliphatic heterocycles. The zero-order chi connectivity index (χ0) is 73.7. The number of carbonyl (C=O) groups is 6. The van der Waals surface area contributed by atoms with Crippen LogP contribution in [0.15, 0.2) is 74.4 Å². The van der Waals surface area contributed by atoms with Crippen LogP contribution in [0.3, 0.4) is 0 Å². The Labute approximate surface area is 618 Å². The third-order valence-electron chi connectivity index (χ3n) is 26.6. The Bertz CT molecular complexity index is 2590. The minimum atomic E-state index is -0.258. The van der Waals surface area contributed by atoms with E-state index in [1.165, 1.54) is 185 Å². The molecule has 12 aliphatic rings. The lowest BCUT2D eigenvalue weighted by molar-refractivity contribution is -0.146. The van der Waals surface area contributed by atoms with E-state index in [-0.39, 0.29) is 60.0 Å². The molecule has 102 heavy (non-hydrogen) atoms. The highest BCUT2D eigenvalue weighted by atomic mass is 16.5. The highest BCUT2D eigenvalue weighted by Gasteiger charge is 2.42. The monoisotopic (exact) mass is 1420 g/mol. The molecule has 4 amide bonds. The van der Waals surface area contributed by atoms with Crippen LogP contribution in [0.5, 0.6) is 0 Å². The van der Waals surface area contributed by atoms with Crippen LogP contribution in [0.2, 0.25) is 0 Å². The van der Waals surface area contributed by atoms with Crippen molar-refractivity contribution in [1.29, 1.82) is 0 Å². The predicted molar refractivity (Wildman–Crippen MR) is 412 cm³/mol. The molecule has 15 nitrogen and oxygen atoms in total. The van der Waals surface area contributed by atoms with Gasteiger partial charge in [-0.3, -0.25) is 19.2 Å². The minimum Gasteiger partial charge on any atom is -0.459 e. The van der Waals surface area contributed by atoms with Crippen LogP contribution in [-0.4, -0.2) is 130 Å². The van der Waals surface area contributed by atoms with Crippen LogP contribution in [0.25, 0.3) is 0 Å². The Morgan fingerprint density at radius 3 is 1.30 bits per heavy atom. The van der Waals surface area contributed by atoms with Crippen LogP contribution in [0.4, 0.5) is 0 Å². The van der Waals surface area contributed by atoms with E-state index in [4.69, 9.17) is 9.47 Å². The smallest absolute Gasteiger partial charge is 0.333 e. The number of amides is 4. The molecule has 0 spiro atoms. The predicted octanol–water partition coefficient (Wildman–Crippen LogP) is 17.0. The summed E-state index contributed by atoms with van der Waals surface area (Å²) in [4.78, 5) is 72.8. The van der Waals surface area contributed by atoms with Gasteiger partial charge in [-0.05, 0) is 285 Å². The first kappa shape index (κ1) is 84.4. The number of hydrogen-bond donors (Lipinski definition) is 5. The summed E-state index contributed by atoms with van der Waals surface area (Å²) in [7, 11) is 1.86. The lowest BCUT2D eigenvalue weighted by Gasteiger charge is -2.40. The van der Waals surface area contributed by atoms with Gasteiger partial charge in [-0.2, -0.15) is 0 Å². The molecule has 11 atom stereocenters. The number of piperidine rings is 1. The molecule has 11 aliphatic carbocycles. The van der Waals surface area contributed by atoms with Gasteiger partial charge in [0.15, 0.2) is 0 Å². The van der Waals surface area contributed by atoms with Crippen LogP contribution < -0.4 is 16.0 Å². The van der Waals surface area contributed by atoms with E-state index >= 15 is 0 Å². The Hall–Kier alpha value is -4.86. The van der Waals surface area contributed by atoms with Crippen molar-refractivity contribution in [2.24, 2.45) is 65.1 Å². The average molecular weight is 1420 g/mol. The largest absolute Gasteiger partial charge is 0.459 e. The number of nitrogens with zero attached hydrogens (tertiary/aromatic N) is 2. The number of aliphatic hydroxyl groups is 2. The number of aliphatic hydroxyl groups excluding tert-OH is 2. The third-order valence-corrected chi connectivity index (χ3v) is 26.6. The molecule has 576 valence electrons. The van der Waals surface area contributed by atoms with Crippen molar-refractivity contribution in [3.8, 4) is 0 Å². The summed E-state index contributed by atoms with van der Waals surface area (Å²) < 4.78 is 10.8. The topological polar surface area (TPSA) is 204 Å². The summed E-state index contributed by atoms with van der Waals surface area (Å²) in [5, 5.41) is 29.1. The molecule has 0 bridgehead atoms. The maximum atomic E-state index is 12.1. The summed E-state index contributed by atoms with van der Waals surface area (Å²) in [6.45, 7) is 30.8. The van der Waals surface area contributed by atoms with Crippen molar-refractivity contribution in [3.05, 3.63) is 74.4 Å². The van der Waals surface area contributed by atoms with Gasteiger partial charge in [0.1, 0.15) is 12.2 Å². The highest BCUT2D eigenvalue weighted by molar-refractivity contribution is 5.93. The molecule has 5 N–H and O–H groups in total. The quantitative estimate of drug-likeness (QED) is 0.0726. The van der Waals surface area contributed by atoms with Gasteiger partial charge in [0.05, 0.1) is 12.2 Å². The van der Waals surface area contributed by atoms with Crippen LogP contribution in [-0.2, 0) is 38.2 Å². The van der Waals surface area contributed by atoms with E-state index < -0.39 is 0 Å². The Balaban J connectivity index is 0.000000172. The number of carbonyl (C=O) groups excluding carboxylic acids is 6. The highest BCUT2D eigenvalue weighted by Crippen LogP contribution is 2.46. The number of likely N-dealkylation sites (N-methyl/N-ethyl adjacent to an activating group) is 2. The molecular formula is C87H143N5O10. The van der Waals surface area contributed by atoms with E-state index in [0.717, 1.165) is 157 Å². The van der Waals surface area contributed by atoms with Gasteiger partial charge in [-0.15, -0.1) is 0 Å². The lowest BCUT2D eigenvalue weighted by atomic mass is 9.72. The normalized spacial score (nSPS) is 33.0. The average Bonchev–Trinajstić information content (AvgIpc) is 1.66. The molecule has 0 aromatic rings. The number of hydrogen-bond acceptors (Lipinski definition) is 11. The zero-order valence-electron chi connectivity index (χ0n) is 64.7. The van der Waals surface area contributed by atoms with Gasteiger partial charge in [0.25, 0.3) is 0 Å². The van der Waals surface area contributed by atoms with Gasteiger partial charge in [-0.25, -0.2) is 9.59 Å². The number of ether oxygens (including phenoxy) is 2. The first-order valence-corrected chi connectivity index (χ1v) is 41.6. The Morgan fingerprint density at radius 2 is 0.853 bits per heavy atom. The molecular weight excluding hydrogens is 1270 g/mol. The number of fused-ring (bicyclic) bond motifs is 3.